The first-order valence-electron chi connectivity index (χ1n) is 10.6. The fourth-order valence-corrected chi connectivity index (χ4v) is 3.59. The highest BCUT2D eigenvalue weighted by molar-refractivity contribution is 9.10. The van der Waals surface area contributed by atoms with Gasteiger partial charge in [0.1, 0.15) is 23.7 Å². The molecule has 2 heterocycles. The minimum Gasteiger partial charge on any atom is -0.434 e. The van der Waals surface area contributed by atoms with Crippen molar-refractivity contribution in [2.45, 2.75) is 31.8 Å². The molecular weight excluding hydrogens is 504 g/mol. The number of fused-ring (bicyclic) bond motifs is 1. The van der Waals surface area contributed by atoms with Crippen LogP contribution in [-0.4, -0.2) is 49.8 Å². The van der Waals surface area contributed by atoms with Crippen molar-refractivity contribution < 1.29 is 18.8 Å². The van der Waals surface area contributed by atoms with E-state index in [4.69, 9.17) is 4.42 Å². The van der Waals surface area contributed by atoms with Crippen LogP contribution in [0.3, 0.4) is 0 Å². The summed E-state index contributed by atoms with van der Waals surface area (Å²) in [6.07, 6.45) is 1.67. The van der Waals surface area contributed by atoms with Gasteiger partial charge < -0.3 is 15.1 Å². The van der Waals surface area contributed by atoms with Gasteiger partial charge in [0.05, 0.1) is 6.04 Å². The van der Waals surface area contributed by atoms with Crippen molar-refractivity contribution in [3.63, 3.8) is 0 Å². The molecule has 3 N–H and O–H groups in total. The summed E-state index contributed by atoms with van der Waals surface area (Å²) in [5, 5.41) is 11.9. The molecule has 1 unspecified atom stereocenters. The number of halogens is 1. The molecule has 2 atom stereocenters. The van der Waals surface area contributed by atoms with Gasteiger partial charge in [0.15, 0.2) is 5.58 Å². The Morgan fingerprint density at radius 3 is 2.50 bits per heavy atom. The number of aromatic amines is 1. The van der Waals surface area contributed by atoms with Crippen molar-refractivity contribution in [2.75, 3.05) is 0 Å². The van der Waals surface area contributed by atoms with Gasteiger partial charge in [-0.05, 0) is 42.8 Å². The average molecular weight is 525 g/mol. The number of rotatable bonds is 9. The standard InChI is InChI=1S/C23H21BrN6O4/c1-2-15(20(31)23-29-16-5-3-4-6-18(16)34-23)27-22(33)17(11-19-25-12-26-30-19)28-21(32)13-7-9-14(24)10-8-13/h3-10,12,15,17H,2,11H2,1H3,(H,27,33)(H,28,32)(H,25,26,30)/t15-,17?/m0/s1. The van der Waals surface area contributed by atoms with Gasteiger partial charge in [-0.3, -0.25) is 19.5 Å². The molecule has 4 rings (SSSR count). The number of benzene rings is 2. The van der Waals surface area contributed by atoms with Gasteiger partial charge in [-0.2, -0.15) is 5.10 Å². The van der Waals surface area contributed by atoms with Gasteiger partial charge in [0.25, 0.3) is 11.8 Å². The lowest BCUT2D eigenvalue weighted by atomic mass is 10.1. The Morgan fingerprint density at radius 2 is 1.82 bits per heavy atom. The summed E-state index contributed by atoms with van der Waals surface area (Å²) < 4.78 is 6.39. The molecule has 2 amide bonds. The van der Waals surface area contributed by atoms with Crippen LogP contribution in [0.1, 0.15) is 40.2 Å². The Kier molecular flexibility index (Phi) is 7.12. The number of amides is 2. The van der Waals surface area contributed by atoms with Gasteiger partial charge in [-0.1, -0.05) is 35.0 Å². The van der Waals surface area contributed by atoms with Gasteiger partial charge in [-0.25, -0.2) is 9.97 Å². The zero-order valence-electron chi connectivity index (χ0n) is 18.1. The summed E-state index contributed by atoms with van der Waals surface area (Å²) in [6.45, 7) is 1.76. The number of nitrogens with zero attached hydrogens (tertiary/aromatic N) is 3. The summed E-state index contributed by atoms with van der Waals surface area (Å²) in [4.78, 5) is 47.2. The number of nitrogens with one attached hydrogen (secondary N) is 3. The van der Waals surface area contributed by atoms with E-state index in [2.05, 4.69) is 46.7 Å². The predicted octanol–water partition coefficient (Wildman–Crippen LogP) is 2.83. The van der Waals surface area contributed by atoms with Crippen LogP contribution in [-0.2, 0) is 11.2 Å². The predicted molar refractivity (Wildman–Crippen MR) is 126 cm³/mol. The van der Waals surface area contributed by atoms with E-state index < -0.39 is 29.7 Å². The molecule has 0 radical (unpaired) electrons. The first-order chi connectivity index (χ1) is 16.4. The van der Waals surface area contributed by atoms with Crippen LogP contribution in [0.4, 0.5) is 0 Å². The van der Waals surface area contributed by atoms with Crippen LogP contribution < -0.4 is 10.6 Å². The lowest BCUT2D eigenvalue weighted by molar-refractivity contribution is -0.123. The molecule has 34 heavy (non-hydrogen) atoms. The molecule has 2 aromatic carbocycles. The second kappa shape index (κ2) is 10.4. The molecule has 0 aliphatic carbocycles. The molecule has 174 valence electrons. The third-order valence-corrected chi connectivity index (χ3v) is 5.67. The van der Waals surface area contributed by atoms with Crippen LogP contribution in [0.2, 0.25) is 0 Å². The fourth-order valence-electron chi connectivity index (χ4n) is 3.33. The lowest BCUT2D eigenvalue weighted by Gasteiger charge is -2.21. The third-order valence-electron chi connectivity index (χ3n) is 5.14. The quantitative estimate of drug-likeness (QED) is 0.285. The molecule has 0 saturated carbocycles. The SMILES string of the molecule is CC[C@H](NC(=O)C(Cc1ncn[nH]1)NC(=O)c1ccc(Br)cc1)C(=O)c1nc2ccccc2o1. The van der Waals surface area contributed by atoms with E-state index in [0.29, 0.717) is 28.9 Å². The Bertz CT molecular complexity index is 1270. The molecule has 0 aliphatic heterocycles. The van der Waals surface area contributed by atoms with Crippen molar-refractivity contribution in [3.8, 4) is 0 Å². The minimum atomic E-state index is -1.01. The van der Waals surface area contributed by atoms with Gasteiger partial charge >= 0.3 is 0 Å². The summed E-state index contributed by atoms with van der Waals surface area (Å²) in [7, 11) is 0. The van der Waals surface area contributed by atoms with Crippen LogP contribution >= 0.6 is 15.9 Å². The highest BCUT2D eigenvalue weighted by atomic mass is 79.9. The maximum Gasteiger partial charge on any atom is 0.266 e. The van der Waals surface area contributed by atoms with Crippen LogP contribution in [0.25, 0.3) is 11.1 Å². The van der Waals surface area contributed by atoms with Gasteiger partial charge in [0.2, 0.25) is 11.7 Å². The molecule has 0 saturated heterocycles. The molecule has 4 aromatic rings. The number of H-pyrrole nitrogens is 1. The van der Waals surface area contributed by atoms with Crippen molar-refractivity contribution in [1.82, 2.24) is 30.8 Å². The summed E-state index contributed by atoms with van der Waals surface area (Å²) >= 11 is 3.33. The van der Waals surface area contributed by atoms with Crippen molar-refractivity contribution in [1.29, 1.82) is 0 Å². The first-order valence-corrected chi connectivity index (χ1v) is 11.3. The smallest absolute Gasteiger partial charge is 0.266 e. The van der Waals surface area contributed by atoms with E-state index in [9.17, 15) is 14.4 Å². The number of hydrogen-bond donors (Lipinski definition) is 3. The number of oxazole rings is 1. The van der Waals surface area contributed by atoms with Crippen LogP contribution in [0.15, 0.2) is 63.7 Å². The number of Topliss-reactive ketones (excluding diaryl/α,β-unsaturated/α-hetero) is 1. The first kappa shape index (κ1) is 23.3. The van der Waals surface area contributed by atoms with E-state index in [1.54, 1.807) is 55.5 Å². The Labute approximate surface area is 202 Å². The van der Waals surface area contributed by atoms with Gasteiger partial charge in [0, 0.05) is 16.5 Å². The Hall–Kier alpha value is -3.86. The molecule has 0 spiro atoms. The summed E-state index contributed by atoms with van der Waals surface area (Å²) in [6, 6.07) is 11.9. The number of carbonyl (C=O) groups excluding carboxylic acids is 3. The highest BCUT2D eigenvalue weighted by Crippen LogP contribution is 2.17. The van der Waals surface area contributed by atoms with E-state index in [-0.39, 0.29) is 12.3 Å². The van der Waals surface area contributed by atoms with Crippen LogP contribution in [0.5, 0.6) is 0 Å². The second-order valence-corrected chi connectivity index (χ2v) is 8.41. The highest BCUT2D eigenvalue weighted by Gasteiger charge is 2.29. The largest absolute Gasteiger partial charge is 0.434 e. The van der Waals surface area contributed by atoms with Gasteiger partial charge in [-0.15, -0.1) is 0 Å². The molecule has 11 heteroatoms. The van der Waals surface area contributed by atoms with Crippen LogP contribution in [0, 0.1) is 0 Å². The Morgan fingerprint density at radius 1 is 1.06 bits per heavy atom. The monoisotopic (exact) mass is 524 g/mol. The number of carbonyl (C=O) groups is 3. The van der Waals surface area contributed by atoms with Crippen molar-refractivity contribution in [3.05, 3.63) is 76.6 Å². The molecular formula is C23H21BrN6O4. The lowest BCUT2D eigenvalue weighted by Crippen LogP contribution is -2.52. The van der Waals surface area contributed by atoms with E-state index in [0.717, 1.165) is 4.47 Å². The topological polar surface area (TPSA) is 143 Å². The molecule has 0 fully saturated rings. The second-order valence-electron chi connectivity index (χ2n) is 7.49. The Balaban J connectivity index is 1.51. The molecule has 2 aromatic heterocycles. The normalized spacial score (nSPS) is 12.8. The van der Waals surface area contributed by atoms with E-state index in [1.807, 2.05) is 0 Å². The maximum absolute atomic E-state index is 13.2. The molecule has 0 bridgehead atoms. The summed E-state index contributed by atoms with van der Waals surface area (Å²) in [5.41, 5.74) is 1.42. The molecule has 0 aliphatic rings. The van der Waals surface area contributed by atoms with Crippen molar-refractivity contribution in [2.24, 2.45) is 0 Å². The number of para-hydroxylation sites is 2. The van der Waals surface area contributed by atoms with E-state index >= 15 is 0 Å². The third kappa shape index (κ3) is 5.37. The maximum atomic E-state index is 13.2. The number of hydrogen-bond acceptors (Lipinski definition) is 7. The fraction of sp³-hybridized carbons (Fsp3) is 0.217. The summed E-state index contributed by atoms with van der Waals surface area (Å²) in [5.74, 6) is -1.11. The number of aromatic nitrogens is 4. The zero-order chi connectivity index (χ0) is 24.1. The van der Waals surface area contributed by atoms with Crippen molar-refractivity contribution >= 4 is 44.6 Å². The molecule has 10 nitrogen and oxygen atoms in total. The van der Waals surface area contributed by atoms with E-state index in [1.165, 1.54) is 6.33 Å². The average Bonchev–Trinajstić information content (AvgIpc) is 3.51. The zero-order valence-corrected chi connectivity index (χ0v) is 19.7. The number of ketones is 1. The minimum absolute atomic E-state index is 0.0572.